The molecule has 106 valence electrons. The second-order valence-corrected chi connectivity index (χ2v) is 5.80. The van der Waals surface area contributed by atoms with Gasteiger partial charge in [-0.1, -0.05) is 30.3 Å². The van der Waals surface area contributed by atoms with Crippen molar-refractivity contribution in [1.82, 2.24) is 4.57 Å². The quantitative estimate of drug-likeness (QED) is 0.762. The van der Waals surface area contributed by atoms with Gasteiger partial charge < -0.3 is 9.67 Å². The van der Waals surface area contributed by atoms with Crippen LogP contribution in [0.15, 0.2) is 53.0 Å². The van der Waals surface area contributed by atoms with Gasteiger partial charge in [-0.15, -0.1) is 0 Å². The van der Waals surface area contributed by atoms with Crippen LogP contribution in [0.4, 0.5) is 0 Å². The average Bonchev–Trinajstić information content (AvgIpc) is 2.73. The molecule has 3 nitrogen and oxygen atoms in total. The Labute approximate surface area is 131 Å². The molecule has 0 saturated carbocycles. The van der Waals surface area contributed by atoms with E-state index < -0.39 is 5.97 Å². The molecule has 0 fully saturated rings. The Morgan fingerprint density at radius 2 is 1.95 bits per heavy atom. The van der Waals surface area contributed by atoms with Crippen LogP contribution in [0.1, 0.15) is 21.6 Å². The van der Waals surface area contributed by atoms with Crippen LogP contribution in [0, 0.1) is 6.92 Å². The fraction of sp³-hybridized carbons (Fsp3) is 0.118. The molecule has 0 saturated heterocycles. The molecule has 1 N–H and O–H groups in total. The zero-order valence-corrected chi connectivity index (χ0v) is 13.1. The normalized spacial score (nSPS) is 11.0. The number of aromatic carboxylic acids is 1. The molecule has 0 amide bonds. The van der Waals surface area contributed by atoms with E-state index in [-0.39, 0.29) is 0 Å². The van der Waals surface area contributed by atoms with Crippen molar-refractivity contribution in [2.45, 2.75) is 13.5 Å². The number of carboxylic acid groups (broad SMARTS) is 1. The molecule has 1 aromatic heterocycles. The van der Waals surface area contributed by atoms with Crippen LogP contribution in [0.3, 0.4) is 0 Å². The van der Waals surface area contributed by atoms with Crippen LogP contribution in [0.25, 0.3) is 10.9 Å². The third-order valence-electron chi connectivity index (χ3n) is 3.67. The summed E-state index contributed by atoms with van der Waals surface area (Å²) in [6, 6.07) is 15.3. The molecule has 0 aliphatic carbocycles. The highest BCUT2D eigenvalue weighted by Crippen LogP contribution is 2.31. The first kappa shape index (κ1) is 13.9. The lowest BCUT2D eigenvalue weighted by Crippen LogP contribution is -2.03. The van der Waals surface area contributed by atoms with Gasteiger partial charge in [-0.3, -0.25) is 0 Å². The Balaban J connectivity index is 2.08. The fourth-order valence-electron chi connectivity index (χ4n) is 2.58. The van der Waals surface area contributed by atoms with Crippen LogP contribution in [0.2, 0.25) is 0 Å². The van der Waals surface area contributed by atoms with Gasteiger partial charge in [-0.2, -0.15) is 0 Å². The fourth-order valence-corrected chi connectivity index (χ4v) is 3.13. The third kappa shape index (κ3) is 2.47. The first-order chi connectivity index (χ1) is 10.1. The highest BCUT2D eigenvalue weighted by molar-refractivity contribution is 9.10. The molecule has 0 aliphatic heterocycles. The highest BCUT2D eigenvalue weighted by atomic mass is 79.9. The molecule has 3 rings (SSSR count). The maximum Gasteiger partial charge on any atom is 0.335 e. The summed E-state index contributed by atoms with van der Waals surface area (Å²) in [7, 11) is 0. The summed E-state index contributed by atoms with van der Waals surface area (Å²) in [4.78, 5) is 11.1. The van der Waals surface area contributed by atoms with E-state index >= 15 is 0 Å². The molecular formula is C17H14BrNO2. The van der Waals surface area contributed by atoms with Gasteiger partial charge in [-0.05, 0) is 46.6 Å². The molecule has 0 radical (unpaired) electrons. The number of benzene rings is 2. The summed E-state index contributed by atoms with van der Waals surface area (Å²) >= 11 is 3.64. The summed E-state index contributed by atoms with van der Waals surface area (Å²) in [5, 5.41) is 10.3. The minimum Gasteiger partial charge on any atom is -0.478 e. The molecule has 0 bridgehead atoms. The smallest absolute Gasteiger partial charge is 0.335 e. The monoisotopic (exact) mass is 343 g/mol. The first-order valence-corrected chi connectivity index (χ1v) is 7.43. The van der Waals surface area contributed by atoms with Crippen LogP contribution in [-0.2, 0) is 6.54 Å². The Kier molecular flexibility index (Phi) is 3.55. The van der Waals surface area contributed by atoms with Gasteiger partial charge in [0, 0.05) is 27.6 Å². The minimum atomic E-state index is -0.896. The minimum absolute atomic E-state index is 0.320. The number of nitrogens with zero attached hydrogens (tertiary/aromatic N) is 1. The van der Waals surface area contributed by atoms with Gasteiger partial charge in [0.1, 0.15) is 0 Å². The van der Waals surface area contributed by atoms with Crippen molar-refractivity contribution < 1.29 is 9.90 Å². The summed E-state index contributed by atoms with van der Waals surface area (Å²) in [6.07, 6.45) is 0. The summed E-state index contributed by atoms with van der Waals surface area (Å²) in [5.74, 6) is -0.896. The number of halogens is 1. The van der Waals surface area contributed by atoms with Crippen molar-refractivity contribution in [3.05, 3.63) is 69.8 Å². The number of fused-ring (bicyclic) bond motifs is 1. The molecular weight excluding hydrogens is 330 g/mol. The van der Waals surface area contributed by atoms with Gasteiger partial charge in [0.2, 0.25) is 0 Å². The van der Waals surface area contributed by atoms with E-state index in [4.69, 9.17) is 5.11 Å². The summed E-state index contributed by atoms with van der Waals surface area (Å²) in [5.41, 5.74) is 3.58. The lowest BCUT2D eigenvalue weighted by atomic mass is 10.1. The molecule has 3 aromatic rings. The SMILES string of the molecule is Cc1c(Br)c2ccccc2n1Cc1cccc(C(=O)O)c1. The molecule has 0 spiro atoms. The second-order valence-electron chi connectivity index (χ2n) is 5.01. The van der Waals surface area contributed by atoms with E-state index in [0.29, 0.717) is 12.1 Å². The summed E-state index contributed by atoms with van der Waals surface area (Å²) < 4.78 is 3.29. The van der Waals surface area contributed by atoms with E-state index in [0.717, 1.165) is 21.2 Å². The van der Waals surface area contributed by atoms with Crippen molar-refractivity contribution in [2.75, 3.05) is 0 Å². The predicted molar refractivity (Wildman–Crippen MR) is 86.9 cm³/mol. The van der Waals surface area contributed by atoms with Crippen molar-refractivity contribution in [1.29, 1.82) is 0 Å². The van der Waals surface area contributed by atoms with E-state index in [1.54, 1.807) is 18.2 Å². The molecule has 0 aliphatic rings. The largest absolute Gasteiger partial charge is 0.478 e. The van der Waals surface area contributed by atoms with E-state index in [9.17, 15) is 4.79 Å². The third-order valence-corrected chi connectivity index (χ3v) is 4.67. The van der Waals surface area contributed by atoms with Crippen LogP contribution < -0.4 is 0 Å². The van der Waals surface area contributed by atoms with Crippen molar-refractivity contribution >= 4 is 32.8 Å². The molecule has 2 aromatic carbocycles. The Morgan fingerprint density at radius 1 is 1.19 bits per heavy atom. The average molecular weight is 344 g/mol. The van der Waals surface area contributed by atoms with Gasteiger partial charge in [-0.25, -0.2) is 4.79 Å². The Hall–Kier alpha value is -2.07. The van der Waals surface area contributed by atoms with E-state index in [1.165, 1.54) is 5.39 Å². The van der Waals surface area contributed by atoms with Crippen LogP contribution >= 0.6 is 15.9 Å². The number of aromatic nitrogens is 1. The van der Waals surface area contributed by atoms with Gasteiger partial charge in [0.05, 0.1) is 5.56 Å². The topological polar surface area (TPSA) is 42.2 Å². The Bertz CT molecular complexity index is 836. The molecule has 4 heteroatoms. The van der Waals surface area contributed by atoms with Crippen molar-refractivity contribution in [3.8, 4) is 0 Å². The number of carboxylic acids is 1. The predicted octanol–water partition coefficient (Wildman–Crippen LogP) is 4.46. The number of hydrogen-bond donors (Lipinski definition) is 1. The van der Waals surface area contributed by atoms with Gasteiger partial charge >= 0.3 is 5.97 Å². The highest BCUT2D eigenvalue weighted by Gasteiger charge is 2.12. The molecule has 0 unspecified atom stereocenters. The maximum atomic E-state index is 11.1. The molecule has 0 atom stereocenters. The van der Waals surface area contributed by atoms with Gasteiger partial charge in [0.25, 0.3) is 0 Å². The van der Waals surface area contributed by atoms with Crippen LogP contribution in [0.5, 0.6) is 0 Å². The van der Waals surface area contributed by atoms with Crippen LogP contribution in [-0.4, -0.2) is 15.6 Å². The molecule has 1 heterocycles. The van der Waals surface area contributed by atoms with Gasteiger partial charge in [0.15, 0.2) is 0 Å². The van der Waals surface area contributed by atoms with E-state index in [1.807, 2.05) is 18.2 Å². The van der Waals surface area contributed by atoms with Crippen molar-refractivity contribution in [3.63, 3.8) is 0 Å². The first-order valence-electron chi connectivity index (χ1n) is 6.63. The standard InChI is InChI=1S/C17H14BrNO2/c1-11-16(18)14-7-2-3-8-15(14)19(11)10-12-5-4-6-13(9-12)17(20)21/h2-9H,10H2,1H3,(H,20,21). The lowest BCUT2D eigenvalue weighted by molar-refractivity contribution is 0.0696. The number of carbonyl (C=O) groups is 1. The molecule has 21 heavy (non-hydrogen) atoms. The zero-order chi connectivity index (χ0) is 15.0. The number of para-hydroxylation sites is 1. The lowest BCUT2D eigenvalue weighted by Gasteiger charge is -2.09. The number of hydrogen-bond acceptors (Lipinski definition) is 1. The van der Waals surface area contributed by atoms with Crippen molar-refractivity contribution in [2.24, 2.45) is 0 Å². The maximum absolute atomic E-state index is 11.1. The Morgan fingerprint density at radius 3 is 2.71 bits per heavy atom. The number of rotatable bonds is 3. The zero-order valence-electron chi connectivity index (χ0n) is 11.5. The summed E-state index contributed by atoms with van der Waals surface area (Å²) in [6.45, 7) is 2.71. The second kappa shape index (κ2) is 5.37. The van der Waals surface area contributed by atoms with E-state index in [2.05, 4.69) is 39.6 Å².